The highest BCUT2D eigenvalue weighted by Gasteiger charge is 2.34. The monoisotopic (exact) mass is 426 g/mol. The maximum Gasteiger partial charge on any atom is 0.224 e. The molecular formula is C15H21Cl3N4O2S. The van der Waals surface area contributed by atoms with Gasteiger partial charge in [-0.05, 0) is 43.6 Å². The maximum atomic E-state index is 11.0. The van der Waals surface area contributed by atoms with E-state index in [1.54, 1.807) is 11.3 Å². The lowest BCUT2D eigenvalue weighted by atomic mass is 9.91. The fraction of sp³-hybridized carbons (Fsp3) is 0.600. The summed E-state index contributed by atoms with van der Waals surface area (Å²) in [5.74, 6) is 0.858. The van der Waals surface area contributed by atoms with Crippen LogP contribution in [0.4, 0.5) is 5.82 Å². The fourth-order valence-electron chi connectivity index (χ4n) is 3.19. The summed E-state index contributed by atoms with van der Waals surface area (Å²) in [7, 11) is 0. The van der Waals surface area contributed by atoms with Crippen LogP contribution in [0.2, 0.25) is 5.28 Å². The van der Waals surface area contributed by atoms with Gasteiger partial charge in [0.25, 0.3) is 0 Å². The first-order chi connectivity index (χ1) is 11.2. The Bertz CT molecular complexity index is 718. The number of halogens is 3. The summed E-state index contributed by atoms with van der Waals surface area (Å²) in [6.45, 7) is 4.63. The van der Waals surface area contributed by atoms with Gasteiger partial charge in [0, 0.05) is 18.0 Å². The Labute approximate surface area is 167 Å². The molecule has 4 rings (SSSR count). The minimum atomic E-state index is -0.772. The number of fused-ring (bicyclic) bond motifs is 1. The molecule has 10 heteroatoms. The molecule has 25 heavy (non-hydrogen) atoms. The minimum absolute atomic E-state index is 0. The first-order valence-corrected chi connectivity index (χ1v) is 9.08. The van der Waals surface area contributed by atoms with Crippen LogP contribution >= 0.6 is 47.8 Å². The molecule has 2 aromatic heterocycles. The lowest BCUT2D eigenvalue weighted by Crippen LogP contribution is -2.39. The zero-order valence-corrected chi connectivity index (χ0v) is 16.7. The van der Waals surface area contributed by atoms with E-state index < -0.39 is 5.60 Å². The van der Waals surface area contributed by atoms with Crippen molar-refractivity contribution in [2.45, 2.75) is 18.4 Å². The highest BCUT2D eigenvalue weighted by Crippen LogP contribution is 2.41. The predicted molar refractivity (Wildman–Crippen MR) is 106 cm³/mol. The molecule has 0 spiro atoms. The molecule has 0 atom stereocenters. The summed E-state index contributed by atoms with van der Waals surface area (Å²) in [4.78, 5) is 12.0. The van der Waals surface area contributed by atoms with Crippen LogP contribution in [0.1, 0.15) is 17.7 Å². The Morgan fingerprint density at radius 3 is 2.56 bits per heavy atom. The molecule has 6 nitrogen and oxygen atoms in total. The summed E-state index contributed by atoms with van der Waals surface area (Å²) < 4.78 is 6.42. The van der Waals surface area contributed by atoms with E-state index in [2.05, 4.69) is 20.2 Å². The van der Waals surface area contributed by atoms with Gasteiger partial charge in [-0.15, -0.1) is 36.2 Å². The molecule has 0 saturated carbocycles. The van der Waals surface area contributed by atoms with Crippen molar-refractivity contribution < 1.29 is 9.84 Å². The SMILES string of the molecule is Cl.Cl.OC1(c2cc3nc(Cl)nc(N4CCOCC4)c3s2)CCNCC1. The topological polar surface area (TPSA) is 70.5 Å². The smallest absolute Gasteiger partial charge is 0.224 e. The Hall–Kier alpha value is -0.410. The van der Waals surface area contributed by atoms with E-state index in [0.717, 1.165) is 47.1 Å². The second-order valence-corrected chi connectivity index (χ2v) is 7.41. The number of anilines is 1. The third-order valence-corrected chi connectivity index (χ3v) is 6.01. The summed E-state index contributed by atoms with van der Waals surface area (Å²) in [5.41, 5.74) is 0.0456. The van der Waals surface area contributed by atoms with Crippen LogP contribution in [0.15, 0.2) is 6.07 Å². The molecule has 4 heterocycles. The molecule has 2 fully saturated rings. The number of thiophene rings is 1. The second kappa shape index (κ2) is 8.52. The summed E-state index contributed by atoms with van der Waals surface area (Å²) >= 11 is 7.71. The number of hydrogen-bond acceptors (Lipinski definition) is 7. The molecule has 2 N–H and O–H groups in total. The first-order valence-electron chi connectivity index (χ1n) is 7.89. The van der Waals surface area contributed by atoms with Crippen molar-refractivity contribution in [3.8, 4) is 0 Å². The number of morpholine rings is 1. The predicted octanol–water partition coefficient (Wildman–Crippen LogP) is 2.60. The molecular weight excluding hydrogens is 407 g/mol. The summed E-state index contributed by atoms with van der Waals surface area (Å²) in [5, 5.41) is 14.5. The van der Waals surface area contributed by atoms with Crippen molar-refractivity contribution >= 4 is 63.8 Å². The lowest BCUT2D eigenvalue weighted by Gasteiger charge is -2.31. The van der Waals surface area contributed by atoms with Crippen molar-refractivity contribution in [2.24, 2.45) is 0 Å². The van der Waals surface area contributed by atoms with Gasteiger partial charge in [-0.2, -0.15) is 4.98 Å². The Kier molecular flexibility index (Phi) is 7.12. The van der Waals surface area contributed by atoms with Crippen LogP contribution in [0, 0.1) is 0 Å². The summed E-state index contributed by atoms with van der Waals surface area (Å²) in [6, 6.07) is 1.98. The number of aromatic nitrogens is 2. The minimum Gasteiger partial charge on any atom is -0.384 e. The highest BCUT2D eigenvalue weighted by molar-refractivity contribution is 7.19. The largest absolute Gasteiger partial charge is 0.384 e. The van der Waals surface area contributed by atoms with Gasteiger partial charge in [0.05, 0.1) is 23.4 Å². The number of rotatable bonds is 2. The number of aliphatic hydroxyl groups is 1. The molecule has 0 radical (unpaired) electrons. The fourth-order valence-corrected chi connectivity index (χ4v) is 4.62. The van der Waals surface area contributed by atoms with E-state index in [-0.39, 0.29) is 30.1 Å². The molecule has 140 valence electrons. The van der Waals surface area contributed by atoms with Crippen LogP contribution in [-0.2, 0) is 10.3 Å². The van der Waals surface area contributed by atoms with Gasteiger partial charge in [-0.25, -0.2) is 4.98 Å². The molecule has 2 saturated heterocycles. The van der Waals surface area contributed by atoms with Gasteiger partial charge in [0.1, 0.15) is 5.60 Å². The molecule has 2 aliphatic heterocycles. The average Bonchev–Trinajstić information content (AvgIpc) is 3.00. The van der Waals surface area contributed by atoms with Gasteiger partial charge >= 0.3 is 0 Å². The Morgan fingerprint density at radius 2 is 1.88 bits per heavy atom. The number of piperidine rings is 1. The van der Waals surface area contributed by atoms with E-state index in [4.69, 9.17) is 16.3 Å². The van der Waals surface area contributed by atoms with Gasteiger partial charge in [-0.3, -0.25) is 0 Å². The van der Waals surface area contributed by atoms with E-state index in [1.165, 1.54) is 0 Å². The van der Waals surface area contributed by atoms with Gasteiger partial charge in [0.15, 0.2) is 5.82 Å². The number of nitrogens with one attached hydrogen (secondary N) is 1. The van der Waals surface area contributed by atoms with Crippen molar-refractivity contribution in [2.75, 3.05) is 44.3 Å². The van der Waals surface area contributed by atoms with E-state index in [1.807, 2.05) is 6.07 Å². The van der Waals surface area contributed by atoms with Crippen LogP contribution in [-0.4, -0.2) is 54.5 Å². The normalized spacial score (nSPS) is 20.0. The zero-order valence-electron chi connectivity index (χ0n) is 13.5. The maximum absolute atomic E-state index is 11.0. The van der Waals surface area contributed by atoms with Crippen LogP contribution in [0.5, 0.6) is 0 Å². The van der Waals surface area contributed by atoms with Crippen molar-refractivity contribution in [1.82, 2.24) is 15.3 Å². The molecule has 0 bridgehead atoms. The summed E-state index contributed by atoms with van der Waals surface area (Å²) in [6.07, 6.45) is 1.43. The number of nitrogens with zero attached hydrogens (tertiary/aromatic N) is 3. The van der Waals surface area contributed by atoms with Gasteiger partial charge < -0.3 is 20.1 Å². The third-order valence-electron chi connectivity index (χ3n) is 4.53. The van der Waals surface area contributed by atoms with Gasteiger partial charge in [0.2, 0.25) is 5.28 Å². The zero-order chi connectivity index (χ0) is 15.9. The van der Waals surface area contributed by atoms with Crippen molar-refractivity contribution in [3.05, 3.63) is 16.2 Å². The molecule has 2 aromatic rings. The van der Waals surface area contributed by atoms with E-state index >= 15 is 0 Å². The molecule has 0 amide bonds. The number of hydrogen-bond donors (Lipinski definition) is 2. The van der Waals surface area contributed by atoms with Crippen LogP contribution in [0.3, 0.4) is 0 Å². The quantitative estimate of drug-likeness (QED) is 0.718. The Morgan fingerprint density at radius 1 is 1.20 bits per heavy atom. The van der Waals surface area contributed by atoms with E-state index in [9.17, 15) is 5.11 Å². The molecule has 2 aliphatic rings. The van der Waals surface area contributed by atoms with Crippen LogP contribution in [0.25, 0.3) is 10.2 Å². The molecule has 0 aliphatic carbocycles. The van der Waals surface area contributed by atoms with Crippen molar-refractivity contribution in [1.29, 1.82) is 0 Å². The lowest BCUT2D eigenvalue weighted by molar-refractivity contribution is 0.00950. The standard InChI is InChI=1S/C15H19ClN4O2S.2ClH/c16-14-18-10-9-11(15(21)1-3-17-4-2-15)23-12(10)13(19-14)20-5-7-22-8-6-20;;/h9,17,21H,1-8H2;2*1H. The third kappa shape index (κ3) is 4.13. The number of ether oxygens (including phenoxy) is 1. The van der Waals surface area contributed by atoms with Gasteiger partial charge in [-0.1, -0.05) is 0 Å². The second-order valence-electron chi connectivity index (χ2n) is 6.02. The molecule has 0 aromatic carbocycles. The molecule has 0 unspecified atom stereocenters. The van der Waals surface area contributed by atoms with Crippen molar-refractivity contribution in [3.63, 3.8) is 0 Å². The van der Waals surface area contributed by atoms with E-state index in [0.29, 0.717) is 26.1 Å². The Balaban J connectivity index is 0.00000113. The van der Waals surface area contributed by atoms with Crippen LogP contribution < -0.4 is 10.2 Å². The average molecular weight is 428 g/mol. The first kappa shape index (κ1) is 20.9. The highest BCUT2D eigenvalue weighted by atomic mass is 35.5.